The number of rotatable bonds is 3. The number of amides is 3. The Labute approximate surface area is 110 Å². The van der Waals surface area contributed by atoms with E-state index in [0.29, 0.717) is 0 Å². The van der Waals surface area contributed by atoms with Crippen LogP contribution in [0.25, 0.3) is 0 Å². The van der Waals surface area contributed by atoms with Gasteiger partial charge in [-0.15, -0.1) is 0 Å². The van der Waals surface area contributed by atoms with Gasteiger partial charge in [-0.3, -0.25) is 19.8 Å². The van der Waals surface area contributed by atoms with Gasteiger partial charge >= 0.3 is 0 Å². The number of carbonyl (C=O) groups excluding carboxylic acids is 3. The fourth-order valence-electron chi connectivity index (χ4n) is 2.45. The van der Waals surface area contributed by atoms with Gasteiger partial charge in [0.15, 0.2) is 0 Å². The smallest absolute Gasteiger partial charge is 0.248 e. The van der Waals surface area contributed by atoms with E-state index in [1.54, 1.807) is 0 Å². The first kappa shape index (κ1) is 11.9. The topological polar surface area (TPSA) is 66.5 Å². The third-order valence-electron chi connectivity index (χ3n) is 3.63. The maximum atomic E-state index is 12.0. The summed E-state index contributed by atoms with van der Waals surface area (Å²) >= 11 is 0. The van der Waals surface area contributed by atoms with Crippen LogP contribution in [0.4, 0.5) is 0 Å². The summed E-state index contributed by atoms with van der Waals surface area (Å²) in [4.78, 5) is 34.8. The molecule has 2 unspecified atom stereocenters. The van der Waals surface area contributed by atoms with Crippen LogP contribution in [0.2, 0.25) is 0 Å². The summed E-state index contributed by atoms with van der Waals surface area (Å²) in [6.07, 6.45) is 1.14. The molecule has 0 spiro atoms. The van der Waals surface area contributed by atoms with Crippen LogP contribution in [0.5, 0.6) is 0 Å². The van der Waals surface area contributed by atoms with E-state index in [2.05, 4.69) is 5.43 Å². The maximum absolute atomic E-state index is 12.0. The molecular formula is C14H14N2O3. The highest BCUT2D eigenvalue weighted by molar-refractivity contribution is 6.03. The van der Waals surface area contributed by atoms with Crippen LogP contribution in [0.3, 0.4) is 0 Å². The number of benzene rings is 1. The van der Waals surface area contributed by atoms with E-state index >= 15 is 0 Å². The van der Waals surface area contributed by atoms with Crippen LogP contribution in [0, 0.1) is 5.92 Å². The molecule has 0 radical (unpaired) electrons. The average Bonchev–Trinajstić information content (AvgIpc) is 3.17. The number of hydrazine groups is 1. The summed E-state index contributed by atoms with van der Waals surface area (Å²) in [5.74, 6) is -0.819. The van der Waals surface area contributed by atoms with E-state index in [4.69, 9.17) is 0 Å². The summed E-state index contributed by atoms with van der Waals surface area (Å²) in [7, 11) is 0. The predicted octanol–water partition coefficient (Wildman–Crippen LogP) is 0.970. The zero-order valence-electron chi connectivity index (χ0n) is 10.3. The standard InChI is InChI=1S/C14H14N2O3/c17-12-6-7-13(18)16(12)15-14(19)11-8-10(11)9-4-2-1-3-5-9/h1-5,10-11H,6-8H2,(H,15,19). The third-order valence-corrected chi connectivity index (χ3v) is 3.63. The van der Waals surface area contributed by atoms with Crippen LogP contribution in [0.1, 0.15) is 30.7 Å². The molecule has 0 bridgehead atoms. The monoisotopic (exact) mass is 258 g/mol. The first-order valence-corrected chi connectivity index (χ1v) is 6.38. The summed E-state index contributed by atoms with van der Waals surface area (Å²) in [5.41, 5.74) is 3.56. The van der Waals surface area contributed by atoms with Crippen molar-refractivity contribution >= 4 is 17.7 Å². The zero-order chi connectivity index (χ0) is 13.4. The molecule has 98 valence electrons. The molecule has 1 aliphatic carbocycles. The van der Waals surface area contributed by atoms with Crippen molar-refractivity contribution in [2.24, 2.45) is 5.92 Å². The lowest BCUT2D eigenvalue weighted by Gasteiger charge is -2.14. The molecule has 1 N–H and O–H groups in total. The molecule has 2 aliphatic rings. The lowest BCUT2D eigenvalue weighted by molar-refractivity contribution is -0.148. The molecule has 1 aromatic carbocycles. The summed E-state index contributed by atoms with van der Waals surface area (Å²) in [5, 5.41) is 0.864. The Hall–Kier alpha value is -2.17. The van der Waals surface area contributed by atoms with Crippen molar-refractivity contribution in [3.05, 3.63) is 35.9 Å². The fourth-order valence-corrected chi connectivity index (χ4v) is 2.45. The third kappa shape index (κ3) is 2.23. The summed E-state index contributed by atoms with van der Waals surface area (Å²) < 4.78 is 0. The molecule has 5 nitrogen and oxygen atoms in total. The van der Waals surface area contributed by atoms with Crippen LogP contribution < -0.4 is 5.43 Å². The van der Waals surface area contributed by atoms with Crippen molar-refractivity contribution < 1.29 is 14.4 Å². The number of hydrogen-bond donors (Lipinski definition) is 1. The minimum atomic E-state index is -0.324. The number of imide groups is 1. The first-order valence-electron chi connectivity index (χ1n) is 6.38. The highest BCUT2D eigenvalue weighted by Gasteiger charge is 2.45. The van der Waals surface area contributed by atoms with Crippen LogP contribution >= 0.6 is 0 Å². The maximum Gasteiger partial charge on any atom is 0.248 e. The number of nitrogens with zero attached hydrogens (tertiary/aromatic N) is 1. The minimum absolute atomic E-state index is 0.136. The van der Waals surface area contributed by atoms with E-state index in [9.17, 15) is 14.4 Å². The summed E-state index contributed by atoms with van der Waals surface area (Å²) in [6.45, 7) is 0. The Bertz CT molecular complexity index is 525. The molecular weight excluding hydrogens is 244 g/mol. The van der Waals surface area contributed by atoms with E-state index in [0.717, 1.165) is 17.0 Å². The molecule has 2 fully saturated rings. The number of hydrogen-bond acceptors (Lipinski definition) is 3. The van der Waals surface area contributed by atoms with Crippen LogP contribution in [-0.2, 0) is 14.4 Å². The van der Waals surface area contributed by atoms with Gasteiger partial charge in [0.05, 0.1) is 0 Å². The Morgan fingerprint density at radius 3 is 2.37 bits per heavy atom. The van der Waals surface area contributed by atoms with Crippen molar-refractivity contribution in [2.45, 2.75) is 25.2 Å². The lowest BCUT2D eigenvalue weighted by atomic mass is 10.1. The van der Waals surface area contributed by atoms with E-state index in [-0.39, 0.29) is 42.4 Å². The largest absolute Gasteiger partial charge is 0.273 e. The molecule has 0 aromatic heterocycles. The van der Waals surface area contributed by atoms with Gasteiger partial charge in [0.25, 0.3) is 0 Å². The van der Waals surface area contributed by atoms with Crippen LogP contribution in [-0.4, -0.2) is 22.7 Å². The van der Waals surface area contributed by atoms with Crippen molar-refractivity contribution in [2.75, 3.05) is 0 Å². The van der Waals surface area contributed by atoms with Crippen LogP contribution in [0.15, 0.2) is 30.3 Å². The van der Waals surface area contributed by atoms with Gasteiger partial charge in [0.1, 0.15) is 0 Å². The molecule has 1 heterocycles. The second kappa shape index (κ2) is 4.50. The number of carbonyl (C=O) groups is 3. The molecule has 1 aromatic rings. The summed E-state index contributed by atoms with van der Waals surface area (Å²) in [6, 6.07) is 9.79. The van der Waals surface area contributed by atoms with Crippen molar-refractivity contribution in [1.82, 2.24) is 10.4 Å². The second-order valence-electron chi connectivity index (χ2n) is 4.96. The van der Waals surface area contributed by atoms with Gasteiger partial charge in [-0.05, 0) is 17.9 Å². The average molecular weight is 258 g/mol. The molecule has 2 atom stereocenters. The molecule has 5 heteroatoms. The quantitative estimate of drug-likeness (QED) is 0.821. The van der Waals surface area contributed by atoms with E-state index in [1.165, 1.54) is 0 Å². The fraction of sp³-hybridized carbons (Fsp3) is 0.357. The Morgan fingerprint density at radius 2 is 1.74 bits per heavy atom. The van der Waals surface area contributed by atoms with Crippen molar-refractivity contribution in [3.63, 3.8) is 0 Å². The van der Waals surface area contributed by atoms with E-state index < -0.39 is 0 Å². The van der Waals surface area contributed by atoms with Gasteiger partial charge in [0, 0.05) is 18.8 Å². The van der Waals surface area contributed by atoms with Gasteiger partial charge in [-0.1, -0.05) is 30.3 Å². The Morgan fingerprint density at radius 1 is 1.11 bits per heavy atom. The SMILES string of the molecule is O=C(NN1C(=O)CCC1=O)C1CC1c1ccccc1. The first-order chi connectivity index (χ1) is 9.16. The van der Waals surface area contributed by atoms with Gasteiger partial charge < -0.3 is 0 Å². The van der Waals surface area contributed by atoms with Crippen molar-refractivity contribution in [3.8, 4) is 0 Å². The Balaban J connectivity index is 1.61. The van der Waals surface area contributed by atoms with Crippen molar-refractivity contribution in [1.29, 1.82) is 0 Å². The second-order valence-corrected chi connectivity index (χ2v) is 4.96. The molecule has 19 heavy (non-hydrogen) atoms. The molecule has 3 rings (SSSR count). The Kier molecular flexibility index (Phi) is 2.81. The molecule has 1 aliphatic heterocycles. The molecule has 1 saturated heterocycles. The molecule has 1 saturated carbocycles. The lowest BCUT2D eigenvalue weighted by Crippen LogP contribution is -2.46. The van der Waals surface area contributed by atoms with Gasteiger partial charge in [0.2, 0.25) is 17.7 Å². The predicted molar refractivity (Wildman–Crippen MR) is 66.5 cm³/mol. The molecule has 3 amide bonds. The zero-order valence-corrected chi connectivity index (χ0v) is 10.3. The highest BCUT2D eigenvalue weighted by atomic mass is 16.2. The minimum Gasteiger partial charge on any atom is -0.273 e. The number of nitrogens with one attached hydrogen (secondary N) is 1. The highest BCUT2D eigenvalue weighted by Crippen LogP contribution is 2.47. The normalized spacial score (nSPS) is 25.6. The van der Waals surface area contributed by atoms with E-state index in [1.807, 2.05) is 30.3 Å². The van der Waals surface area contributed by atoms with Gasteiger partial charge in [-0.25, -0.2) is 0 Å². The van der Waals surface area contributed by atoms with Gasteiger partial charge in [-0.2, -0.15) is 5.01 Å².